The van der Waals surface area contributed by atoms with E-state index in [2.05, 4.69) is 89.8 Å². The molecular weight excluding hydrogens is 745 g/mol. The molecule has 0 bridgehead atoms. The number of aryl methyl sites for hydroxylation is 4. The number of allylic oxidation sites excluding steroid dienone is 3. The number of benzene rings is 3. The third-order valence-electron chi connectivity index (χ3n) is 8.76. The average Bonchev–Trinajstić information content (AvgIpc) is 3.96. The van der Waals surface area contributed by atoms with Crippen molar-refractivity contribution in [2.24, 2.45) is 5.92 Å². The number of fused-ring (bicyclic) bond motifs is 2. The number of aromatic nitrogens is 4. The van der Waals surface area contributed by atoms with E-state index in [9.17, 15) is 4.79 Å². The second-order valence-corrected chi connectivity index (χ2v) is 15.8. The predicted molar refractivity (Wildman–Crippen MR) is 231 cm³/mol. The van der Waals surface area contributed by atoms with Gasteiger partial charge in [0.05, 0.1) is 31.8 Å². The van der Waals surface area contributed by atoms with Crippen molar-refractivity contribution < 1.29 is 13.8 Å². The first-order valence-corrected chi connectivity index (χ1v) is 20.1. The van der Waals surface area contributed by atoms with Crippen molar-refractivity contribution in [2.75, 3.05) is 4.72 Å². The van der Waals surface area contributed by atoms with Crippen molar-refractivity contribution >= 4 is 72.2 Å². The summed E-state index contributed by atoms with van der Waals surface area (Å²) in [6.45, 7) is 21.1. The number of hydrogen-bond donors (Lipinski definition) is 2. The van der Waals surface area contributed by atoms with Crippen molar-refractivity contribution in [2.45, 2.75) is 48.5 Å². The highest BCUT2D eigenvalue weighted by atomic mass is 32.2. The number of carbonyl (C=O) groups excluding carboxylic acids is 1. The molecule has 0 aliphatic rings. The zero-order chi connectivity index (χ0) is 39.2. The highest BCUT2D eigenvalue weighted by molar-refractivity contribution is 8.03. The summed E-state index contributed by atoms with van der Waals surface area (Å²) >= 11 is 4.79. The van der Waals surface area contributed by atoms with Crippen LogP contribution in [0.3, 0.4) is 0 Å². The van der Waals surface area contributed by atoms with E-state index in [-0.39, 0.29) is 11.8 Å². The van der Waals surface area contributed by atoms with Crippen LogP contribution in [0.4, 0.5) is 5.69 Å². The van der Waals surface area contributed by atoms with Crippen molar-refractivity contribution in [3.63, 3.8) is 0 Å². The maximum absolute atomic E-state index is 11.7. The van der Waals surface area contributed by atoms with E-state index in [4.69, 9.17) is 19.0 Å². The maximum atomic E-state index is 11.7. The molecule has 0 atom stereocenters. The van der Waals surface area contributed by atoms with Gasteiger partial charge < -0.3 is 19.1 Å². The number of carbonyl (C=O) groups is 1. The van der Waals surface area contributed by atoms with Gasteiger partial charge in [0.15, 0.2) is 0 Å². The first-order valence-electron chi connectivity index (χ1n) is 17.6. The molecule has 4 heterocycles. The summed E-state index contributed by atoms with van der Waals surface area (Å²) in [5.41, 5.74) is 12.0. The van der Waals surface area contributed by atoms with Gasteiger partial charge in [0.1, 0.15) is 21.5 Å². The molecule has 0 fully saturated rings. The largest absolute Gasteiger partial charge is 0.361 e. The minimum Gasteiger partial charge on any atom is -0.361 e. The van der Waals surface area contributed by atoms with Crippen molar-refractivity contribution in [3.8, 4) is 32.8 Å². The van der Waals surface area contributed by atoms with Crippen molar-refractivity contribution in [3.05, 3.63) is 131 Å². The topological polar surface area (TPSA) is 119 Å². The van der Waals surface area contributed by atoms with Gasteiger partial charge in [-0.3, -0.25) is 4.79 Å². The third kappa shape index (κ3) is 8.88. The molecule has 0 saturated carbocycles. The van der Waals surface area contributed by atoms with E-state index in [0.29, 0.717) is 0 Å². The molecule has 0 radical (unpaired) electrons. The number of hydrogen-bond acceptors (Lipinski definition) is 11. The second-order valence-electron chi connectivity index (χ2n) is 13.0. The minimum absolute atomic E-state index is 0.231. The number of anilines is 1. The molecule has 0 spiro atoms. The first-order chi connectivity index (χ1) is 26.5. The van der Waals surface area contributed by atoms with Gasteiger partial charge in [0, 0.05) is 28.1 Å². The summed E-state index contributed by atoms with van der Waals surface area (Å²) in [4.78, 5) is 21.3. The van der Waals surface area contributed by atoms with Gasteiger partial charge in [-0.1, -0.05) is 55.5 Å². The number of nitrogens with zero attached hydrogens (tertiary/aromatic N) is 4. The quantitative estimate of drug-likeness (QED) is 0.0750. The monoisotopic (exact) mass is 786 g/mol. The van der Waals surface area contributed by atoms with Crippen LogP contribution in [0.25, 0.3) is 58.8 Å². The van der Waals surface area contributed by atoms with Crippen LogP contribution in [0.1, 0.15) is 48.7 Å². The van der Waals surface area contributed by atoms with Crippen LogP contribution in [0.5, 0.6) is 0 Å². The molecule has 0 aliphatic carbocycles. The Hall–Kier alpha value is -5.56. The van der Waals surface area contributed by atoms with Crippen molar-refractivity contribution in [1.82, 2.24) is 25.6 Å². The molecule has 0 saturated heterocycles. The molecule has 9 nitrogen and oxygen atoms in total. The Morgan fingerprint density at radius 3 is 1.87 bits per heavy atom. The van der Waals surface area contributed by atoms with Gasteiger partial charge in [-0.2, -0.15) is 0 Å². The maximum Gasteiger partial charge on any atom is 0.247 e. The fourth-order valence-corrected chi connectivity index (χ4v) is 8.55. The highest BCUT2D eigenvalue weighted by Gasteiger charge is 2.17. The lowest BCUT2D eigenvalue weighted by Crippen LogP contribution is -2.19. The molecule has 1 amide bonds. The Balaban J connectivity index is 0.000000188. The van der Waals surface area contributed by atoms with Crippen molar-refractivity contribution in [1.29, 1.82) is 0 Å². The number of nitrogens with one attached hydrogen (secondary N) is 2. The molecule has 280 valence electrons. The SMILES string of the molecule is C=CC(=O)NC(=C/C)/C=C(/c1nc2ccc(-c3c(C)noc3C)cc2s1)C(C)C.C=CSNc1ccc(-c2nc3ccc(-c4c(C)noc4C)cc3s2)cc1. The van der Waals surface area contributed by atoms with Gasteiger partial charge in [0.2, 0.25) is 5.91 Å². The summed E-state index contributed by atoms with van der Waals surface area (Å²) in [7, 11) is 0. The van der Waals surface area contributed by atoms with E-state index in [1.54, 1.807) is 28.1 Å². The van der Waals surface area contributed by atoms with Crippen LogP contribution >= 0.6 is 34.6 Å². The highest BCUT2D eigenvalue weighted by Crippen LogP contribution is 2.37. The molecule has 12 heteroatoms. The van der Waals surface area contributed by atoms with E-state index in [0.717, 1.165) is 98.1 Å². The molecule has 4 aromatic heterocycles. The molecule has 3 aromatic carbocycles. The summed E-state index contributed by atoms with van der Waals surface area (Å²) in [6.07, 6.45) is 5.12. The fraction of sp³-hybridized carbons (Fsp3) is 0.186. The molecule has 0 aliphatic heterocycles. The Morgan fingerprint density at radius 2 is 1.36 bits per heavy atom. The Morgan fingerprint density at radius 1 is 0.800 bits per heavy atom. The Kier molecular flexibility index (Phi) is 12.3. The third-order valence-corrected chi connectivity index (χ3v) is 11.4. The van der Waals surface area contributed by atoms with Gasteiger partial charge in [-0.25, -0.2) is 9.97 Å². The lowest BCUT2D eigenvalue weighted by atomic mass is 10.0. The van der Waals surface area contributed by atoms with Gasteiger partial charge in [-0.05, 0) is 135 Å². The number of thiazole rings is 2. The molecule has 7 aromatic rings. The molecule has 7 rings (SSSR count). The fourth-order valence-electron chi connectivity index (χ4n) is 6.02. The van der Waals surface area contributed by atoms with Crippen LogP contribution in [-0.2, 0) is 4.79 Å². The average molecular weight is 787 g/mol. The van der Waals surface area contributed by atoms with Crippen LogP contribution in [0.15, 0.2) is 112 Å². The molecule has 55 heavy (non-hydrogen) atoms. The van der Waals surface area contributed by atoms with Crippen LogP contribution in [0.2, 0.25) is 0 Å². The summed E-state index contributed by atoms with van der Waals surface area (Å²) in [5, 5.41) is 14.7. The van der Waals surface area contributed by atoms with E-state index in [1.165, 1.54) is 18.0 Å². The standard InChI is InChI=1S/C23H25N3O2S.C20H17N3OS2/c1-7-17(24-21(27)8-2)12-18(13(3)4)23-25-19-10-9-16(11-20(19)29-23)22-14(5)26-28-15(22)6;1-4-25-23-16-8-5-14(6-9-16)20-21-17-10-7-15(11-18(17)26-20)19-12(2)22-24-13(19)3/h7-13H,2H2,1,3-6H3,(H,24,27);4-11,23H,1H2,2-3H3/b17-7+,18-12+;. The second kappa shape index (κ2) is 17.3. The predicted octanol–water partition coefficient (Wildman–Crippen LogP) is 12.3. The van der Waals surface area contributed by atoms with Crippen LogP contribution < -0.4 is 10.0 Å². The lowest BCUT2D eigenvalue weighted by Gasteiger charge is -2.10. The van der Waals surface area contributed by atoms with E-state index < -0.39 is 0 Å². The van der Waals surface area contributed by atoms with E-state index >= 15 is 0 Å². The summed E-state index contributed by atoms with van der Waals surface area (Å²) < 4.78 is 16.1. The Labute approximate surface area is 333 Å². The first kappa shape index (κ1) is 39.1. The zero-order valence-electron chi connectivity index (χ0n) is 31.8. The normalized spacial score (nSPS) is 11.9. The number of rotatable bonds is 11. The summed E-state index contributed by atoms with van der Waals surface area (Å²) in [6, 6.07) is 20.8. The van der Waals surface area contributed by atoms with E-state index in [1.807, 2.05) is 65.0 Å². The molecular formula is C43H42N6O3S3. The van der Waals surface area contributed by atoms with Gasteiger partial charge in [-0.15, -0.1) is 22.7 Å². The number of amides is 1. The van der Waals surface area contributed by atoms with Gasteiger partial charge in [0.25, 0.3) is 0 Å². The Bertz CT molecular complexity index is 2530. The summed E-state index contributed by atoms with van der Waals surface area (Å²) in [5.74, 6) is 1.66. The van der Waals surface area contributed by atoms with Crippen LogP contribution in [0, 0.1) is 33.6 Å². The smallest absolute Gasteiger partial charge is 0.247 e. The minimum atomic E-state index is -0.231. The van der Waals surface area contributed by atoms with Gasteiger partial charge >= 0.3 is 0 Å². The lowest BCUT2D eigenvalue weighted by molar-refractivity contribution is -0.115. The van der Waals surface area contributed by atoms with Crippen LogP contribution in [-0.4, -0.2) is 26.2 Å². The zero-order valence-corrected chi connectivity index (χ0v) is 34.3. The molecule has 0 unspecified atom stereocenters. The molecule has 2 N–H and O–H groups in total.